The molecule has 3 amide bonds. The normalized spacial score (nSPS) is 15.1. The molecule has 1 aromatic carbocycles. The van der Waals surface area contributed by atoms with Crippen molar-refractivity contribution in [2.75, 3.05) is 5.75 Å². The molecule has 0 aliphatic heterocycles. The number of phenolic OH excluding ortho intramolecular Hbond substituents is 1. The van der Waals surface area contributed by atoms with Crippen molar-refractivity contribution in [3.63, 3.8) is 0 Å². The number of carboxylic acid groups (broad SMARTS) is 1. The maximum atomic E-state index is 13.1. The maximum Gasteiger partial charge on any atom is 0.326 e. The number of H-pyrrole nitrogens is 1. The first-order valence-electron chi connectivity index (χ1n) is 10.9. The summed E-state index contributed by atoms with van der Waals surface area (Å²) < 4.78 is 0. The second-order valence-corrected chi connectivity index (χ2v) is 8.49. The smallest absolute Gasteiger partial charge is 0.326 e. The second-order valence-electron chi connectivity index (χ2n) is 8.12. The van der Waals surface area contributed by atoms with Gasteiger partial charge in [0.05, 0.1) is 12.4 Å². The fraction of sp³-hybridized carbons (Fsp3) is 0.409. The molecule has 0 bridgehead atoms. The highest BCUT2D eigenvalue weighted by atomic mass is 32.1. The van der Waals surface area contributed by atoms with Gasteiger partial charge in [-0.15, -0.1) is 0 Å². The third kappa shape index (κ3) is 8.55. The zero-order chi connectivity index (χ0) is 26.8. The number of thiol groups is 1. The van der Waals surface area contributed by atoms with Crippen LogP contribution in [0.3, 0.4) is 0 Å². The van der Waals surface area contributed by atoms with Crippen LogP contribution >= 0.6 is 12.6 Å². The summed E-state index contributed by atoms with van der Waals surface area (Å²) in [6.07, 6.45) is 1.53. The van der Waals surface area contributed by atoms with Crippen molar-refractivity contribution in [2.24, 2.45) is 5.73 Å². The highest BCUT2D eigenvalue weighted by molar-refractivity contribution is 7.80. The molecule has 0 spiro atoms. The number of aliphatic hydroxyl groups excluding tert-OH is 1. The predicted octanol–water partition coefficient (Wildman–Crippen LogP) is -1.92. The highest BCUT2D eigenvalue weighted by Crippen LogP contribution is 2.12. The van der Waals surface area contributed by atoms with Crippen LogP contribution in [0, 0.1) is 0 Å². The first-order chi connectivity index (χ1) is 17.0. The number of carboxylic acids is 1. The minimum absolute atomic E-state index is 0.00911. The number of aromatic nitrogens is 2. The fourth-order valence-corrected chi connectivity index (χ4v) is 3.38. The minimum Gasteiger partial charge on any atom is -0.508 e. The first-order valence-corrected chi connectivity index (χ1v) is 11.6. The van der Waals surface area contributed by atoms with Crippen molar-refractivity contribution in [2.45, 2.75) is 50.0 Å². The van der Waals surface area contributed by atoms with Crippen molar-refractivity contribution < 1.29 is 34.5 Å². The lowest BCUT2D eigenvalue weighted by molar-refractivity contribution is -0.142. The van der Waals surface area contributed by atoms with Crippen LogP contribution in [-0.4, -0.2) is 85.0 Å². The molecule has 0 saturated carbocycles. The van der Waals surface area contributed by atoms with Gasteiger partial charge in [-0.1, -0.05) is 12.1 Å². The number of aliphatic hydroxyl groups is 1. The number of hydrogen-bond acceptors (Lipinski definition) is 9. The van der Waals surface area contributed by atoms with Crippen LogP contribution in [0.15, 0.2) is 36.8 Å². The number of nitrogens with one attached hydrogen (secondary N) is 4. The summed E-state index contributed by atoms with van der Waals surface area (Å²) in [4.78, 5) is 56.4. The third-order valence-electron chi connectivity index (χ3n) is 5.24. The Kier molecular flexibility index (Phi) is 10.7. The Bertz CT molecular complexity index is 1030. The fourth-order valence-electron chi connectivity index (χ4n) is 3.12. The van der Waals surface area contributed by atoms with Crippen LogP contribution in [0.5, 0.6) is 5.75 Å². The molecule has 2 aromatic rings. The van der Waals surface area contributed by atoms with Crippen molar-refractivity contribution in [1.29, 1.82) is 0 Å². The Morgan fingerprint density at radius 3 is 2.11 bits per heavy atom. The minimum atomic E-state index is -1.30. The zero-order valence-electron chi connectivity index (χ0n) is 19.4. The Morgan fingerprint density at radius 2 is 1.58 bits per heavy atom. The van der Waals surface area contributed by atoms with E-state index in [1.54, 1.807) is 12.1 Å². The van der Waals surface area contributed by atoms with Gasteiger partial charge in [0.15, 0.2) is 0 Å². The molecule has 14 heteroatoms. The number of rotatable bonds is 13. The maximum absolute atomic E-state index is 13.1. The lowest BCUT2D eigenvalue weighted by Gasteiger charge is -2.25. The number of carbonyl (C=O) groups is 4. The average molecular weight is 523 g/mol. The van der Waals surface area contributed by atoms with Gasteiger partial charge < -0.3 is 42.0 Å². The summed E-state index contributed by atoms with van der Waals surface area (Å²) in [5, 5.41) is 35.9. The van der Waals surface area contributed by atoms with Gasteiger partial charge in [-0.05, 0) is 24.6 Å². The summed E-state index contributed by atoms with van der Waals surface area (Å²) in [7, 11) is 0. The number of hydrogen-bond donors (Lipinski definition) is 9. The SMILES string of the molecule is CC(O)C(N)C(=O)NC(Cc1ccc(O)cc1)C(=O)NC(CS)C(=O)NC(Cc1cnc[nH]1)C(=O)O. The van der Waals surface area contributed by atoms with E-state index in [0.717, 1.165) is 0 Å². The van der Waals surface area contributed by atoms with Crippen LogP contribution in [0.2, 0.25) is 0 Å². The second kappa shape index (κ2) is 13.5. The molecule has 0 fully saturated rings. The van der Waals surface area contributed by atoms with Crippen molar-refractivity contribution >= 4 is 36.3 Å². The molecule has 13 nitrogen and oxygen atoms in total. The van der Waals surface area contributed by atoms with Crippen LogP contribution < -0.4 is 21.7 Å². The summed E-state index contributed by atoms with van der Waals surface area (Å²) in [6, 6.07) is 0.873. The van der Waals surface area contributed by atoms with E-state index in [4.69, 9.17) is 5.73 Å². The summed E-state index contributed by atoms with van der Waals surface area (Å²) in [6.45, 7) is 1.32. The van der Waals surface area contributed by atoms with E-state index < -0.39 is 54.0 Å². The molecule has 0 aliphatic carbocycles. The summed E-state index contributed by atoms with van der Waals surface area (Å²) in [5.41, 5.74) is 6.74. The molecule has 9 N–H and O–H groups in total. The number of nitrogens with zero attached hydrogens (tertiary/aromatic N) is 1. The van der Waals surface area contributed by atoms with Gasteiger partial charge in [-0.2, -0.15) is 12.6 Å². The lowest BCUT2D eigenvalue weighted by Crippen LogP contribution is -2.59. The number of phenols is 1. The molecule has 36 heavy (non-hydrogen) atoms. The molecule has 1 aromatic heterocycles. The van der Waals surface area contributed by atoms with E-state index >= 15 is 0 Å². The van der Waals surface area contributed by atoms with Crippen LogP contribution in [0.4, 0.5) is 0 Å². The van der Waals surface area contributed by atoms with E-state index in [-0.39, 0.29) is 24.3 Å². The Hall–Kier alpha value is -3.62. The first kappa shape index (κ1) is 28.6. The van der Waals surface area contributed by atoms with Gasteiger partial charge in [-0.25, -0.2) is 9.78 Å². The molecular weight excluding hydrogens is 492 g/mol. The van der Waals surface area contributed by atoms with Crippen LogP contribution in [-0.2, 0) is 32.0 Å². The number of aromatic hydroxyl groups is 1. The molecule has 0 saturated heterocycles. The standard InChI is InChI=1S/C22H30N6O7S/c1-11(29)18(23)21(33)26-15(6-12-2-4-14(30)5-3-12)19(31)28-17(9-36)20(32)27-16(22(34)35)7-13-8-24-10-25-13/h2-5,8,10-11,15-18,29-30,36H,6-7,9,23H2,1H3,(H,24,25)(H,26,33)(H,27,32)(H,28,31)(H,34,35). The van der Waals surface area contributed by atoms with E-state index in [2.05, 4.69) is 38.5 Å². The average Bonchev–Trinajstić information content (AvgIpc) is 3.35. The molecule has 0 aliphatic rings. The molecule has 5 atom stereocenters. The van der Waals surface area contributed by atoms with Gasteiger partial charge in [-0.3, -0.25) is 14.4 Å². The third-order valence-corrected chi connectivity index (χ3v) is 5.61. The molecule has 196 valence electrons. The monoisotopic (exact) mass is 522 g/mol. The predicted molar refractivity (Wildman–Crippen MR) is 131 cm³/mol. The molecule has 2 rings (SSSR count). The van der Waals surface area contributed by atoms with Crippen molar-refractivity contribution in [1.82, 2.24) is 25.9 Å². The van der Waals surface area contributed by atoms with E-state index in [9.17, 15) is 34.5 Å². The molecule has 5 unspecified atom stereocenters. The molecular formula is C22H30N6O7S. The zero-order valence-corrected chi connectivity index (χ0v) is 20.3. The molecule has 1 heterocycles. The number of nitrogens with two attached hydrogens (primary N) is 1. The van der Waals surface area contributed by atoms with E-state index in [1.165, 1.54) is 31.6 Å². The van der Waals surface area contributed by atoms with Crippen molar-refractivity contribution in [3.05, 3.63) is 48.0 Å². The van der Waals surface area contributed by atoms with E-state index in [0.29, 0.717) is 11.3 Å². The van der Waals surface area contributed by atoms with Crippen LogP contribution in [0.25, 0.3) is 0 Å². The number of amides is 3. The van der Waals surface area contributed by atoms with Gasteiger partial charge in [0.2, 0.25) is 17.7 Å². The summed E-state index contributed by atoms with van der Waals surface area (Å²) in [5.74, 6) is -3.78. The van der Waals surface area contributed by atoms with Gasteiger partial charge in [0.25, 0.3) is 0 Å². The lowest BCUT2D eigenvalue weighted by atomic mass is 10.0. The van der Waals surface area contributed by atoms with Gasteiger partial charge in [0, 0.05) is 30.5 Å². The largest absolute Gasteiger partial charge is 0.508 e. The molecule has 0 radical (unpaired) electrons. The van der Waals surface area contributed by atoms with Crippen LogP contribution in [0.1, 0.15) is 18.2 Å². The summed E-state index contributed by atoms with van der Waals surface area (Å²) >= 11 is 4.09. The Balaban J connectivity index is 2.14. The Morgan fingerprint density at radius 1 is 1.00 bits per heavy atom. The number of benzene rings is 1. The number of carbonyl (C=O) groups excluding carboxylic acids is 3. The topological polar surface area (TPSA) is 220 Å². The number of imidazole rings is 1. The Labute approximate surface area is 212 Å². The van der Waals surface area contributed by atoms with E-state index in [1.807, 2.05) is 0 Å². The van der Waals surface area contributed by atoms with Gasteiger partial charge >= 0.3 is 5.97 Å². The quantitative estimate of drug-likeness (QED) is 0.134. The number of aromatic amines is 1. The highest BCUT2D eigenvalue weighted by Gasteiger charge is 2.31. The van der Waals surface area contributed by atoms with Crippen molar-refractivity contribution in [3.8, 4) is 5.75 Å². The number of aliphatic carboxylic acids is 1. The van der Waals surface area contributed by atoms with Gasteiger partial charge in [0.1, 0.15) is 29.9 Å².